The number of para-hydroxylation sites is 1. The fourth-order valence-corrected chi connectivity index (χ4v) is 2.74. The van der Waals surface area contributed by atoms with Crippen molar-refractivity contribution < 1.29 is 22.6 Å². The molecule has 3 nitrogen and oxygen atoms in total. The maximum Gasteiger partial charge on any atom is 0.573 e. The van der Waals surface area contributed by atoms with Gasteiger partial charge in [0.15, 0.2) is 0 Å². The van der Waals surface area contributed by atoms with E-state index in [9.17, 15) is 13.2 Å². The van der Waals surface area contributed by atoms with Crippen molar-refractivity contribution >= 4 is 0 Å². The highest BCUT2D eigenvalue weighted by Gasteiger charge is 2.31. The molecule has 0 radical (unpaired) electrons. The molecule has 6 heteroatoms. The van der Waals surface area contributed by atoms with Gasteiger partial charge in [-0.1, -0.05) is 30.3 Å². The van der Waals surface area contributed by atoms with Crippen LogP contribution in [0.1, 0.15) is 12.8 Å². The third kappa shape index (κ3) is 4.41. The third-order valence-electron chi connectivity index (χ3n) is 3.87. The summed E-state index contributed by atoms with van der Waals surface area (Å²) in [5, 5.41) is 3.29. The fraction of sp³-hybridized carbons (Fsp3) is 0.333. The summed E-state index contributed by atoms with van der Waals surface area (Å²) in [6.45, 7) is 1.85. The Bertz CT molecular complexity index is 665. The van der Waals surface area contributed by atoms with Gasteiger partial charge < -0.3 is 14.8 Å². The van der Waals surface area contributed by atoms with E-state index in [0.29, 0.717) is 0 Å². The van der Waals surface area contributed by atoms with Crippen LogP contribution in [0.25, 0.3) is 11.1 Å². The topological polar surface area (TPSA) is 30.5 Å². The van der Waals surface area contributed by atoms with Gasteiger partial charge in [0.05, 0.1) is 0 Å². The maximum atomic E-state index is 12.2. The van der Waals surface area contributed by atoms with E-state index in [1.165, 1.54) is 12.1 Å². The summed E-state index contributed by atoms with van der Waals surface area (Å²) in [4.78, 5) is 0. The molecule has 3 rings (SSSR count). The van der Waals surface area contributed by atoms with E-state index in [2.05, 4.69) is 10.1 Å². The van der Waals surface area contributed by atoms with Crippen LogP contribution >= 0.6 is 0 Å². The minimum Gasteiger partial charge on any atom is -0.490 e. The number of piperidine rings is 1. The summed E-state index contributed by atoms with van der Waals surface area (Å²) in [7, 11) is 0. The molecule has 0 aliphatic carbocycles. The quantitative estimate of drug-likeness (QED) is 0.898. The van der Waals surface area contributed by atoms with Gasteiger partial charge in [-0.3, -0.25) is 0 Å². The van der Waals surface area contributed by atoms with Crippen molar-refractivity contribution in [3.8, 4) is 22.6 Å². The van der Waals surface area contributed by atoms with E-state index in [4.69, 9.17) is 4.74 Å². The molecule has 2 aromatic rings. The number of ether oxygens (including phenoxy) is 2. The summed E-state index contributed by atoms with van der Waals surface area (Å²) in [5.74, 6) is 0.511. The lowest BCUT2D eigenvalue weighted by Gasteiger charge is -2.25. The van der Waals surface area contributed by atoms with Crippen molar-refractivity contribution in [2.75, 3.05) is 13.1 Å². The molecule has 1 saturated heterocycles. The number of benzene rings is 2. The summed E-state index contributed by atoms with van der Waals surface area (Å²) in [6.07, 6.45) is -2.66. The van der Waals surface area contributed by atoms with Gasteiger partial charge in [0.2, 0.25) is 0 Å². The zero-order chi connectivity index (χ0) is 17.0. The van der Waals surface area contributed by atoms with Crippen LogP contribution in [-0.4, -0.2) is 25.6 Å². The number of rotatable bonds is 4. The second-order valence-corrected chi connectivity index (χ2v) is 5.64. The first-order valence-corrected chi connectivity index (χ1v) is 7.84. The molecule has 0 aromatic heterocycles. The van der Waals surface area contributed by atoms with Gasteiger partial charge in [0.25, 0.3) is 0 Å². The van der Waals surface area contributed by atoms with Crippen LogP contribution in [0.4, 0.5) is 13.2 Å². The lowest BCUT2D eigenvalue weighted by atomic mass is 10.0. The average molecular weight is 337 g/mol. The highest BCUT2D eigenvalue weighted by Crippen LogP contribution is 2.33. The molecule has 0 atom stereocenters. The number of nitrogens with one attached hydrogen (secondary N) is 1. The number of hydrogen-bond donors (Lipinski definition) is 1. The highest BCUT2D eigenvalue weighted by atomic mass is 19.4. The summed E-state index contributed by atoms with van der Waals surface area (Å²) >= 11 is 0. The standard InChI is InChI=1S/C18H18F3NO2/c19-18(20,21)24-15-7-5-13(6-8-15)16-3-1-2-4-17(16)23-14-9-11-22-12-10-14/h1-8,14,22H,9-12H2. The maximum absolute atomic E-state index is 12.2. The Morgan fingerprint density at radius 1 is 0.917 bits per heavy atom. The normalized spacial score (nSPS) is 16.0. The first kappa shape index (κ1) is 16.6. The van der Waals surface area contributed by atoms with Gasteiger partial charge in [0.1, 0.15) is 17.6 Å². The van der Waals surface area contributed by atoms with Crippen molar-refractivity contribution in [3.05, 3.63) is 48.5 Å². The molecule has 0 spiro atoms. The second kappa shape index (κ2) is 7.13. The second-order valence-electron chi connectivity index (χ2n) is 5.64. The monoisotopic (exact) mass is 337 g/mol. The molecule has 0 bridgehead atoms. The Balaban J connectivity index is 1.78. The first-order valence-electron chi connectivity index (χ1n) is 7.84. The predicted molar refractivity (Wildman–Crippen MR) is 85.1 cm³/mol. The molecule has 0 amide bonds. The Labute approximate surface area is 138 Å². The van der Waals surface area contributed by atoms with Crippen molar-refractivity contribution in [1.82, 2.24) is 5.32 Å². The van der Waals surface area contributed by atoms with Crippen LogP contribution in [0.2, 0.25) is 0 Å². The Morgan fingerprint density at radius 3 is 2.25 bits per heavy atom. The van der Waals surface area contributed by atoms with Crippen LogP contribution in [0.3, 0.4) is 0 Å². The third-order valence-corrected chi connectivity index (χ3v) is 3.87. The number of hydrogen-bond acceptors (Lipinski definition) is 3. The van der Waals surface area contributed by atoms with E-state index >= 15 is 0 Å². The van der Waals surface area contributed by atoms with Gasteiger partial charge in [-0.15, -0.1) is 13.2 Å². The molecule has 1 heterocycles. The van der Waals surface area contributed by atoms with Crippen LogP contribution in [-0.2, 0) is 0 Å². The van der Waals surface area contributed by atoms with Crippen molar-refractivity contribution in [2.45, 2.75) is 25.3 Å². The fourth-order valence-electron chi connectivity index (χ4n) is 2.74. The molecule has 1 aliphatic rings. The van der Waals surface area contributed by atoms with Crippen molar-refractivity contribution in [1.29, 1.82) is 0 Å². The summed E-state index contributed by atoms with van der Waals surface area (Å²) < 4.78 is 46.7. The van der Waals surface area contributed by atoms with Crippen molar-refractivity contribution in [3.63, 3.8) is 0 Å². The molecular weight excluding hydrogens is 319 g/mol. The van der Waals surface area contributed by atoms with Crippen LogP contribution < -0.4 is 14.8 Å². The van der Waals surface area contributed by atoms with Gasteiger partial charge in [-0.25, -0.2) is 0 Å². The minimum atomic E-state index is -4.68. The van der Waals surface area contributed by atoms with E-state index in [1.807, 2.05) is 24.3 Å². The van der Waals surface area contributed by atoms with Gasteiger partial charge in [-0.2, -0.15) is 0 Å². The lowest BCUT2D eigenvalue weighted by Crippen LogP contribution is -2.34. The highest BCUT2D eigenvalue weighted by molar-refractivity contribution is 5.70. The average Bonchev–Trinajstić information content (AvgIpc) is 2.56. The summed E-state index contributed by atoms with van der Waals surface area (Å²) in [6, 6.07) is 13.4. The Kier molecular flexibility index (Phi) is 4.94. The van der Waals surface area contributed by atoms with Crippen LogP contribution in [0, 0.1) is 0 Å². The number of alkyl halides is 3. The largest absolute Gasteiger partial charge is 0.573 e. The van der Waals surface area contributed by atoms with Crippen LogP contribution in [0.5, 0.6) is 11.5 Å². The number of halogens is 3. The molecule has 24 heavy (non-hydrogen) atoms. The summed E-state index contributed by atoms with van der Waals surface area (Å²) in [5.41, 5.74) is 1.64. The first-order chi connectivity index (χ1) is 11.5. The lowest BCUT2D eigenvalue weighted by molar-refractivity contribution is -0.274. The molecule has 128 valence electrons. The Hall–Kier alpha value is -2.21. The molecular formula is C18H18F3NO2. The smallest absolute Gasteiger partial charge is 0.490 e. The van der Waals surface area contributed by atoms with Gasteiger partial charge >= 0.3 is 6.36 Å². The van der Waals surface area contributed by atoms with E-state index < -0.39 is 6.36 Å². The van der Waals surface area contributed by atoms with E-state index in [0.717, 1.165) is 42.8 Å². The molecule has 0 unspecified atom stereocenters. The molecule has 1 fully saturated rings. The molecule has 1 aliphatic heterocycles. The SMILES string of the molecule is FC(F)(F)Oc1ccc(-c2ccccc2OC2CCNCC2)cc1. The van der Waals surface area contributed by atoms with Gasteiger partial charge in [0, 0.05) is 5.56 Å². The van der Waals surface area contributed by atoms with E-state index in [1.54, 1.807) is 12.1 Å². The minimum absolute atomic E-state index is 0.153. The van der Waals surface area contributed by atoms with Crippen LogP contribution in [0.15, 0.2) is 48.5 Å². The molecule has 1 N–H and O–H groups in total. The predicted octanol–water partition coefficient (Wildman–Crippen LogP) is 4.38. The van der Waals surface area contributed by atoms with Crippen molar-refractivity contribution in [2.24, 2.45) is 0 Å². The van der Waals surface area contributed by atoms with E-state index in [-0.39, 0.29) is 11.9 Å². The zero-order valence-corrected chi connectivity index (χ0v) is 13.0. The van der Waals surface area contributed by atoms with Gasteiger partial charge in [-0.05, 0) is 49.7 Å². The zero-order valence-electron chi connectivity index (χ0n) is 13.0. The molecule has 0 saturated carbocycles. The Morgan fingerprint density at radius 2 is 1.58 bits per heavy atom. The molecule has 2 aromatic carbocycles.